The number of halogens is 1. The topological polar surface area (TPSA) is 120 Å². The van der Waals surface area contributed by atoms with Gasteiger partial charge < -0.3 is 25.2 Å². The number of methoxy groups -OCH3 is 1. The summed E-state index contributed by atoms with van der Waals surface area (Å²) in [6.07, 6.45) is 1.31. The van der Waals surface area contributed by atoms with Gasteiger partial charge in [-0.05, 0) is 41.5 Å². The first-order valence-electron chi connectivity index (χ1n) is 11.7. The van der Waals surface area contributed by atoms with Gasteiger partial charge in [-0.2, -0.15) is 0 Å². The summed E-state index contributed by atoms with van der Waals surface area (Å²) in [5.74, 6) is 0.0387. The summed E-state index contributed by atoms with van der Waals surface area (Å²) >= 11 is 0. The van der Waals surface area contributed by atoms with Gasteiger partial charge >= 0.3 is 6.16 Å². The van der Waals surface area contributed by atoms with Crippen LogP contribution in [0.4, 0.5) is 9.18 Å². The van der Waals surface area contributed by atoms with Gasteiger partial charge in [0.2, 0.25) is 0 Å². The van der Waals surface area contributed by atoms with Crippen molar-refractivity contribution >= 4 is 12.2 Å². The minimum Gasteiger partial charge on any atom is -0.450 e. The van der Waals surface area contributed by atoms with Gasteiger partial charge in [-0.1, -0.05) is 58.9 Å². The molecule has 0 bridgehead atoms. The Morgan fingerprint density at radius 3 is 2.06 bits per heavy atom. The van der Waals surface area contributed by atoms with Crippen molar-refractivity contribution in [2.24, 2.45) is 0 Å². The molecule has 0 aliphatic heterocycles. The maximum absolute atomic E-state index is 13.7. The van der Waals surface area contributed by atoms with Crippen molar-refractivity contribution in [2.75, 3.05) is 7.11 Å². The molecule has 1 aromatic carbocycles. The fourth-order valence-corrected chi connectivity index (χ4v) is 3.73. The highest BCUT2D eigenvalue weighted by atomic mass is 19.1. The predicted molar refractivity (Wildman–Crippen MR) is 135 cm³/mol. The smallest absolute Gasteiger partial charge is 0.450 e. The van der Waals surface area contributed by atoms with Crippen molar-refractivity contribution in [3.05, 3.63) is 58.7 Å². The lowest BCUT2D eigenvalue weighted by Crippen LogP contribution is -2.15. The molecule has 0 saturated carbocycles. The molecule has 0 aliphatic carbocycles. The Balaban J connectivity index is 0.00000142. The number of nitrogens with zero attached hydrogens (tertiary/aromatic N) is 1. The lowest BCUT2D eigenvalue weighted by molar-refractivity contribution is 0.102. The third-order valence-electron chi connectivity index (χ3n) is 5.38. The van der Waals surface area contributed by atoms with Crippen LogP contribution in [0.5, 0.6) is 0 Å². The van der Waals surface area contributed by atoms with E-state index in [9.17, 15) is 14.6 Å². The van der Waals surface area contributed by atoms with E-state index in [2.05, 4.69) is 27.7 Å². The molecule has 2 atom stereocenters. The fraction of sp³-hybridized carbons (Fsp3) is 0.481. The largest absolute Gasteiger partial charge is 0.503 e. The Bertz CT molecular complexity index is 969. The van der Waals surface area contributed by atoms with Gasteiger partial charge in [-0.25, -0.2) is 9.18 Å². The second-order valence-electron chi connectivity index (χ2n) is 8.91. The second kappa shape index (κ2) is 14.6. The molecule has 7 nitrogen and oxygen atoms in total. The molecule has 0 aliphatic rings. The second-order valence-corrected chi connectivity index (χ2v) is 8.91. The maximum Gasteiger partial charge on any atom is 0.503 e. The highest BCUT2D eigenvalue weighted by Crippen LogP contribution is 2.37. The number of hydrogen-bond donors (Lipinski definition) is 4. The molecule has 1 aromatic heterocycles. The molecular formula is C27H38FNO6. The van der Waals surface area contributed by atoms with Gasteiger partial charge in [-0.15, -0.1) is 0 Å². The standard InChI is InChI=1S/C26H36FNO3.CH2O3/c1-7-20(29)14-21(30)12-13-22-24(18-8-10-19(27)11-9-18)23(15-31-6)26(17(4)5)28-25(22)16(2)3;2-1(3)4/h8-13,16-17,20-21,29-30H,7,14-15H2,1-6H3;(H2,2,3,4)/t20-,21-;/m1./s1. The average Bonchev–Trinajstić information content (AvgIpc) is 2.77. The SMILES string of the molecule is CC[C@@H](O)C[C@H](O)C=Cc1c(C(C)C)nc(C(C)C)c(COC)c1-c1ccc(F)cc1.O=C(O)O. The first-order chi connectivity index (χ1) is 16.4. The van der Waals surface area contributed by atoms with Gasteiger partial charge in [0.05, 0.1) is 24.5 Å². The van der Waals surface area contributed by atoms with Gasteiger partial charge in [0.25, 0.3) is 0 Å². The Hall–Kier alpha value is -2.81. The molecule has 0 radical (unpaired) electrons. The zero-order chi connectivity index (χ0) is 26.7. The molecule has 0 amide bonds. The van der Waals surface area contributed by atoms with Gasteiger partial charge in [0.1, 0.15) is 5.82 Å². The van der Waals surface area contributed by atoms with Crippen LogP contribution in [0.3, 0.4) is 0 Å². The molecular weight excluding hydrogens is 453 g/mol. The number of aliphatic hydroxyl groups excluding tert-OH is 2. The number of hydrogen-bond acceptors (Lipinski definition) is 5. The first-order valence-corrected chi connectivity index (χ1v) is 11.7. The molecule has 1 heterocycles. The van der Waals surface area contributed by atoms with E-state index < -0.39 is 18.4 Å². The van der Waals surface area contributed by atoms with E-state index in [0.717, 1.165) is 33.6 Å². The number of carboxylic acid groups (broad SMARTS) is 2. The van der Waals surface area contributed by atoms with Crippen LogP contribution in [0.2, 0.25) is 0 Å². The first kappa shape index (κ1) is 30.2. The van der Waals surface area contributed by atoms with E-state index in [1.807, 2.05) is 13.0 Å². The van der Waals surface area contributed by atoms with E-state index in [0.29, 0.717) is 13.0 Å². The Morgan fingerprint density at radius 2 is 1.60 bits per heavy atom. The van der Waals surface area contributed by atoms with Crippen LogP contribution >= 0.6 is 0 Å². The summed E-state index contributed by atoms with van der Waals surface area (Å²) in [6, 6.07) is 6.45. The summed E-state index contributed by atoms with van der Waals surface area (Å²) in [5, 5.41) is 34.2. The van der Waals surface area contributed by atoms with E-state index in [1.54, 1.807) is 25.3 Å². The Morgan fingerprint density at radius 1 is 1.06 bits per heavy atom. The zero-order valence-electron chi connectivity index (χ0n) is 21.3. The van der Waals surface area contributed by atoms with Gasteiger partial charge in [-0.3, -0.25) is 4.98 Å². The van der Waals surface area contributed by atoms with Crippen molar-refractivity contribution < 1.29 is 34.3 Å². The van der Waals surface area contributed by atoms with Crippen LogP contribution in [0.25, 0.3) is 17.2 Å². The molecule has 0 saturated heterocycles. The number of aliphatic hydroxyl groups is 2. The molecule has 2 aromatic rings. The monoisotopic (exact) mass is 491 g/mol. The molecule has 0 unspecified atom stereocenters. The van der Waals surface area contributed by atoms with Crippen LogP contribution in [0.1, 0.15) is 81.8 Å². The number of aromatic nitrogens is 1. The Labute approximate surface area is 206 Å². The maximum atomic E-state index is 13.7. The van der Waals surface area contributed by atoms with E-state index in [1.165, 1.54) is 12.1 Å². The van der Waals surface area contributed by atoms with Gasteiger partial charge in [0, 0.05) is 30.4 Å². The summed E-state index contributed by atoms with van der Waals surface area (Å²) < 4.78 is 19.2. The average molecular weight is 492 g/mol. The molecule has 194 valence electrons. The summed E-state index contributed by atoms with van der Waals surface area (Å²) in [5.41, 5.74) is 5.57. The van der Waals surface area contributed by atoms with Crippen molar-refractivity contribution in [2.45, 2.75) is 78.1 Å². The molecule has 0 spiro atoms. The normalized spacial score (nSPS) is 13.1. The van der Waals surface area contributed by atoms with Crippen LogP contribution < -0.4 is 0 Å². The zero-order valence-corrected chi connectivity index (χ0v) is 21.3. The van der Waals surface area contributed by atoms with Crippen LogP contribution in [-0.4, -0.2) is 50.9 Å². The lowest BCUT2D eigenvalue weighted by atomic mass is 9.87. The van der Waals surface area contributed by atoms with Crippen molar-refractivity contribution in [3.8, 4) is 11.1 Å². The van der Waals surface area contributed by atoms with E-state index in [4.69, 9.17) is 24.7 Å². The summed E-state index contributed by atoms with van der Waals surface area (Å²) in [7, 11) is 1.65. The number of pyridine rings is 1. The number of rotatable bonds is 10. The van der Waals surface area contributed by atoms with Crippen LogP contribution in [-0.2, 0) is 11.3 Å². The van der Waals surface area contributed by atoms with E-state index in [-0.39, 0.29) is 24.1 Å². The quantitative estimate of drug-likeness (QED) is 0.320. The lowest BCUT2D eigenvalue weighted by Gasteiger charge is -2.23. The number of benzene rings is 1. The van der Waals surface area contributed by atoms with Crippen LogP contribution in [0, 0.1) is 5.82 Å². The van der Waals surface area contributed by atoms with Gasteiger partial charge in [0.15, 0.2) is 0 Å². The molecule has 4 N–H and O–H groups in total. The highest BCUT2D eigenvalue weighted by molar-refractivity contribution is 5.80. The summed E-state index contributed by atoms with van der Waals surface area (Å²) in [6.45, 7) is 10.6. The minimum atomic E-state index is -1.83. The minimum absolute atomic E-state index is 0.145. The van der Waals surface area contributed by atoms with Crippen LogP contribution in [0.15, 0.2) is 30.3 Å². The predicted octanol–water partition coefficient (Wildman–Crippen LogP) is 6.04. The third kappa shape index (κ3) is 9.39. The number of ether oxygens (including phenoxy) is 1. The van der Waals surface area contributed by atoms with E-state index >= 15 is 0 Å². The molecule has 0 fully saturated rings. The Kier molecular flexibility index (Phi) is 12.6. The molecule has 8 heteroatoms. The molecule has 2 rings (SSSR count). The molecule has 35 heavy (non-hydrogen) atoms. The van der Waals surface area contributed by atoms with Crippen molar-refractivity contribution in [1.82, 2.24) is 4.98 Å². The third-order valence-corrected chi connectivity index (χ3v) is 5.38. The summed E-state index contributed by atoms with van der Waals surface area (Å²) in [4.78, 5) is 13.6. The fourth-order valence-electron chi connectivity index (χ4n) is 3.73. The van der Waals surface area contributed by atoms with Crippen molar-refractivity contribution in [1.29, 1.82) is 0 Å². The highest BCUT2D eigenvalue weighted by Gasteiger charge is 2.23. The number of carbonyl (C=O) groups is 1. The van der Waals surface area contributed by atoms with Crippen molar-refractivity contribution in [3.63, 3.8) is 0 Å².